The molecule has 0 aliphatic heterocycles. The largest absolute Gasteiger partial charge is 0.309 e. The van der Waals surface area contributed by atoms with Crippen LogP contribution in [0.2, 0.25) is 0 Å². The molecule has 4 aromatic rings. The van der Waals surface area contributed by atoms with Crippen molar-refractivity contribution in [3.8, 4) is 11.1 Å². The van der Waals surface area contributed by atoms with Gasteiger partial charge in [0.05, 0.1) is 11.1 Å². The van der Waals surface area contributed by atoms with Gasteiger partial charge < -0.3 is 4.98 Å². The number of aryl methyl sites for hydroxylation is 1. The van der Waals surface area contributed by atoms with Gasteiger partial charge in [0.15, 0.2) is 4.34 Å². The molecular weight excluding hydrogens is 438 g/mol. The van der Waals surface area contributed by atoms with Gasteiger partial charge in [-0.2, -0.15) is 0 Å². The van der Waals surface area contributed by atoms with Crippen LogP contribution < -0.4 is 5.56 Å². The maximum absolute atomic E-state index is 12.6. The average Bonchev–Trinajstić information content (AvgIpc) is 3.20. The minimum absolute atomic E-state index is 0.0879. The van der Waals surface area contributed by atoms with Crippen molar-refractivity contribution < 1.29 is 0 Å². The van der Waals surface area contributed by atoms with E-state index in [4.69, 9.17) is 0 Å². The molecule has 4 nitrogen and oxygen atoms in total. The molecule has 0 atom stereocenters. The molecule has 3 aromatic heterocycles. The zero-order valence-electron chi connectivity index (χ0n) is 13.1. The zero-order valence-corrected chi connectivity index (χ0v) is 17.1. The van der Waals surface area contributed by atoms with E-state index in [2.05, 4.69) is 30.9 Å². The molecule has 126 valence electrons. The second-order valence-electron chi connectivity index (χ2n) is 5.39. The maximum Gasteiger partial charge on any atom is 0.260 e. The third-order valence-corrected chi connectivity index (χ3v) is 7.13. The number of H-pyrrole nitrogens is 1. The summed E-state index contributed by atoms with van der Waals surface area (Å²) in [5.41, 5.74) is 2.87. The molecule has 0 aliphatic rings. The zero-order chi connectivity index (χ0) is 17.4. The number of aromatic amines is 1. The molecule has 3 heterocycles. The van der Waals surface area contributed by atoms with Crippen molar-refractivity contribution in [2.75, 3.05) is 0 Å². The van der Waals surface area contributed by atoms with Crippen LogP contribution in [0.25, 0.3) is 21.3 Å². The molecule has 0 unspecified atom stereocenters. The van der Waals surface area contributed by atoms with Gasteiger partial charge in [-0.05, 0) is 24.6 Å². The van der Waals surface area contributed by atoms with E-state index >= 15 is 0 Å². The number of nitrogens with one attached hydrogen (secondary N) is 1. The molecule has 0 aliphatic carbocycles. The Hall–Kier alpha value is -1.48. The third-order valence-electron chi connectivity index (χ3n) is 3.58. The van der Waals surface area contributed by atoms with Crippen LogP contribution in [-0.4, -0.2) is 15.0 Å². The molecule has 0 saturated heterocycles. The SMILES string of the molecule is Cc1csc(SCc2nc3scc(-c4ccc(Br)cc4)c3c(=O)[nH]2)n1. The van der Waals surface area contributed by atoms with Crippen molar-refractivity contribution >= 4 is 60.6 Å². The molecule has 0 amide bonds. The minimum atomic E-state index is -0.0879. The molecular formula is C17H12BrN3OS3. The number of rotatable bonds is 4. The van der Waals surface area contributed by atoms with Gasteiger partial charge in [-0.15, -0.1) is 22.7 Å². The monoisotopic (exact) mass is 449 g/mol. The van der Waals surface area contributed by atoms with Crippen molar-refractivity contribution in [2.24, 2.45) is 0 Å². The Morgan fingerprint density at radius 2 is 1.96 bits per heavy atom. The first-order valence-electron chi connectivity index (χ1n) is 7.41. The number of nitrogens with zero attached hydrogens (tertiary/aromatic N) is 2. The first kappa shape index (κ1) is 17.0. The molecule has 0 spiro atoms. The number of thiophene rings is 1. The van der Waals surface area contributed by atoms with Crippen molar-refractivity contribution in [3.05, 3.63) is 61.4 Å². The number of hydrogen-bond acceptors (Lipinski definition) is 6. The van der Waals surface area contributed by atoms with E-state index in [1.807, 2.05) is 41.9 Å². The van der Waals surface area contributed by atoms with Gasteiger partial charge in [0.25, 0.3) is 5.56 Å². The Morgan fingerprint density at radius 3 is 2.68 bits per heavy atom. The third kappa shape index (κ3) is 3.57. The standard InChI is InChI=1S/C17H12BrN3OS3/c1-9-6-24-17(19-9)25-8-13-20-15(22)14-12(7-23-16(14)21-13)10-2-4-11(18)5-3-10/h2-7H,8H2,1H3,(H,20,21,22). The predicted molar refractivity (Wildman–Crippen MR) is 110 cm³/mol. The summed E-state index contributed by atoms with van der Waals surface area (Å²) >= 11 is 8.14. The van der Waals surface area contributed by atoms with Gasteiger partial charge in [-0.3, -0.25) is 4.79 Å². The lowest BCUT2D eigenvalue weighted by Crippen LogP contribution is -2.10. The van der Waals surface area contributed by atoms with Crippen LogP contribution in [0.3, 0.4) is 0 Å². The van der Waals surface area contributed by atoms with Gasteiger partial charge in [0, 0.05) is 26.5 Å². The Labute approximate surface area is 164 Å². The number of fused-ring (bicyclic) bond motifs is 1. The minimum Gasteiger partial charge on any atom is -0.309 e. The van der Waals surface area contributed by atoms with Crippen molar-refractivity contribution in [1.29, 1.82) is 0 Å². The second kappa shape index (κ2) is 7.03. The average molecular weight is 450 g/mol. The van der Waals surface area contributed by atoms with Crippen LogP contribution in [0.15, 0.2) is 48.6 Å². The number of aromatic nitrogens is 3. The highest BCUT2D eigenvalue weighted by molar-refractivity contribution is 9.10. The number of halogens is 1. The highest BCUT2D eigenvalue weighted by Gasteiger charge is 2.13. The highest BCUT2D eigenvalue weighted by atomic mass is 79.9. The summed E-state index contributed by atoms with van der Waals surface area (Å²) in [6.07, 6.45) is 0. The van der Waals surface area contributed by atoms with Crippen LogP contribution >= 0.6 is 50.4 Å². The van der Waals surface area contributed by atoms with Crippen LogP contribution in [0, 0.1) is 6.92 Å². The summed E-state index contributed by atoms with van der Waals surface area (Å²) in [4.78, 5) is 25.4. The lowest BCUT2D eigenvalue weighted by atomic mass is 10.1. The van der Waals surface area contributed by atoms with Crippen molar-refractivity contribution in [1.82, 2.24) is 15.0 Å². The predicted octanol–water partition coefficient (Wildman–Crippen LogP) is 5.47. The van der Waals surface area contributed by atoms with E-state index in [9.17, 15) is 4.79 Å². The lowest BCUT2D eigenvalue weighted by molar-refractivity contribution is 1.04. The van der Waals surface area contributed by atoms with Crippen molar-refractivity contribution in [2.45, 2.75) is 17.0 Å². The summed E-state index contributed by atoms with van der Waals surface area (Å²) in [7, 11) is 0. The van der Waals surface area contributed by atoms with Crippen molar-refractivity contribution in [3.63, 3.8) is 0 Å². The summed E-state index contributed by atoms with van der Waals surface area (Å²) < 4.78 is 2.00. The summed E-state index contributed by atoms with van der Waals surface area (Å²) in [5, 5.41) is 4.68. The van der Waals surface area contributed by atoms with Crippen LogP contribution in [0.1, 0.15) is 11.5 Å². The van der Waals surface area contributed by atoms with Gasteiger partial charge >= 0.3 is 0 Å². The fourth-order valence-electron chi connectivity index (χ4n) is 2.43. The fraction of sp³-hybridized carbons (Fsp3) is 0.118. The van der Waals surface area contributed by atoms with Gasteiger partial charge in [-0.1, -0.05) is 39.8 Å². The summed E-state index contributed by atoms with van der Waals surface area (Å²) in [6, 6.07) is 7.95. The van der Waals surface area contributed by atoms with E-state index in [-0.39, 0.29) is 5.56 Å². The maximum atomic E-state index is 12.6. The first-order chi connectivity index (χ1) is 12.1. The van der Waals surface area contributed by atoms with E-state index in [1.54, 1.807) is 23.1 Å². The summed E-state index contributed by atoms with van der Waals surface area (Å²) in [5.74, 6) is 1.28. The smallest absolute Gasteiger partial charge is 0.260 e. The molecule has 0 fully saturated rings. The molecule has 25 heavy (non-hydrogen) atoms. The van der Waals surface area contributed by atoms with E-state index in [0.717, 1.165) is 30.5 Å². The summed E-state index contributed by atoms with van der Waals surface area (Å²) in [6.45, 7) is 1.97. The Morgan fingerprint density at radius 1 is 1.16 bits per heavy atom. The van der Waals surface area contributed by atoms with Gasteiger partial charge in [0.2, 0.25) is 0 Å². The fourth-order valence-corrected chi connectivity index (χ4v) is 5.38. The van der Waals surface area contributed by atoms with E-state index in [1.165, 1.54) is 11.3 Å². The van der Waals surface area contributed by atoms with E-state index in [0.29, 0.717) is 17.0 Å². The number of thiazole rings is 1. The number of benzene rings is 1. The molecule has 8 heteroatoms. The first-order valence-corrected chi connectivity index (χ1v) is 11.0. The molecule has 0 radical (unpaired) electrons. The van der Waals surface area contributed by atoms with Crippen LogP contribution in [0.4, 0.5) is 0 Å². The lowest BCUT2D eigenvalue weighted by Gasteiger charge is -2.02. The molecule has 0 saturated carbocycles. The second-order valence-corrected chi connectivity index (χ2v) is 9.25. The quantitative estimate of drug-likeness (QED) is 0.419. The highest BCUT2D eigenvalue weighted by Crippen LogP contribution is 2.32. The van der Waals surface area contributed by atoms with Crippen LogP contribution in [-0.2, 0) is 5.75 Å². The Kier molecular flexibility index (Phi) is 4.77. The van der Waals surface area contributed by atoms with Gasteiger partial charge in [-0.25, -0.2) is 9.97 Å². The molecule has 1 aromatic carbocycles. The molecule has 1 N–H and O–H groups in total. The molecule has 0 bridgehead atoms. The van der Waals surface area contributed by atoms with Crippen LogP contribution in [0.5, 0.6) is 0 Å². The Balaban J connectivity index is 1.67. The Bertz CT molecular complexity index is 1100. The molecule has 4 rings (SSSR count). The number of thioether (sulfide) groups is 1. The topological polar surface area (TPSA) is 58.6 Å². The number of hydrogen-bond donors (Lipinski definition) is 1. The normalized spacial score (nSPS) is 11.3. The van der Waals surface area contributed by atoms with Gasteiger partial charge in [0.1, 0.15) is 10.7 Å². The van der Waals surface area contributed by atoms with E-state index < -0.39 is 0 Å².